The van der Waals surface area contributed by atoms with Gasteiger partial charge in [0.15, 0.2) is 0 Å². The number of hydrogen-bond acceptors (Lipinski definition) is 1. The van der Waals surface area contributed by atoms with Crippen molar-refractivity contribution < 1.29 is 4.39 Å². The first-order chi connectivity index (χ1) is 9.04. The minimum absolute atomic E-state index is 0.0417. The molecular weight excluding hydrogens is 305 g/mol. The van der Waals surface area contributed by atoms with Crippen LogP contribution in [0.5, 0.6) is 0 Å². The van der Waals surface area contributed by atoms with Crippen molar-refractivity contribution in [3.63, 3.8) is 0 Å². The largest absolute Gasteiger partial charge is 0.327 e. The first-order valence-electron chi connectivity index (χ1n) is 6.29. The first kappa shape index (κ1) is 14.2. The van der Waals surface area contributed by atoms with E-state index in [1.54, 1.807) is 12.1 Å². The second kappa shape index (κ2) is 6.31. The van der Waals surface area contributed by atoms with Crippen LogP contribution in [-0.4, -0.2) is 6.04 Å². The van der Waals surface area contributed by atoms with Crippen LogP contribution in [0.25, 0.3) is 0 Å². The van der Waals surface area contributed by atoms with Crippen LogP contribution in [0.15, 0.2) is 46.9 Å². The van der Waals surface area contributed by atoms with E-state index in [-0.39, 0.29) is 11.9 Å². The second-order valence-corrected chi connectivity index (χ2v) is 5.76. The standard InChI is InChI=1S/C16H17BrFN/c1-11-2-4-12(5-3-11)8-14(19)9-13-6-7-16(18)15(17)10-13/h2-7,10,14H,8-9,19H2,1H3. The molecule has 2 rings (SSSR count). The van der Waals surface area contributed by atoms with E-state index in [9.17, 15) is 4.39 Å². The molecule has 0 aliphatic rings. The van der Waals surface area contributed by atoms with Crippen LogP contribution in [0, 0.1) is 12.7 Å². The molecule has 1 atom stereocenters. The molecular formula is C16H17BrFN. The van der Waals surface area contributed by atoms with E-state index in [4.69, 9.17) is 5.73 Å². The van der Waals surface area contributed by atoms with Gasteiger partial charge in [0.05, 0.1) is 4.47 Å². The molecule has 19 heavy (non-hydrogen) atoms. The summed E-state index contributed by atoms with van der Waals surface area (Å²) in [5, 5.41) is 0. The maximum absolute atomic E-state index is 13.1. The van der Waals surface area contributed by atoms with Crippen LogP contribution in [0.4, 0.5) is 4.39 Å². The van der Waals surface area contributed by atoms with Gasteiger partial charge < -0.3 is 5.73 Å². The van der Waals surface area contributed by atoms with E-state index in [1.807, 2.05) is 0 Å². The van der Waals surface area contributed by atoms with Gasteiger partial charge in [-0.1, -0.05) is 35.9 Å². The van der Waals surface area contributed by atoms with Crippen LogP contribution < -0.4 is 5.73 Å². The first-order valence-corrected chi connectivity index (χ1v) is 7.09. The fourth-order valence-corrected chi connectivity index (χ4v) is 2.49. The second-order valence-electron chi connectivity index (χ2n) is 4.90. The zero-order valence-electron chi connectivity index (χ0n) is 10.9. The summed E-state index contributed by atoms with van der Waals surface area (Å²) in [6, 6.07) is 13.5. The SMILES string of the molecule is Cc1ccc(CC(N)Cc2ccc(F)c(Br)c2)cc1. The lowest BCUT2D eigenvalue weighted by Gasteiger charge is -2.12. The Hall–Kier alpha value is -1.19. The Kier molecular flexibility index (Phi) is 4.72. The molecule has 0 aliphatic carbocycles. The molecule has 100 valence electrons. The number of aryl methyl sites for hydroxylation is 1. The maximum atomic E-state index is 13.1. The van der Waals surface area contributed by atoms with Crippen LogP contribution >= 0.6 is 15.9 Å². The minimum atomic E-state index is -0.240. The number of halogens is 2. The summed E-state index contributed by atoms with van der Waals surface area (Å²) >= 11 is 3.19. The fourth-order valence-electron chi connectivity index (χ4n) is 2.07. The molecule has 0 amide bonds. The predicted octanol–water partition coefficient (Wildman–Crippen LogP) is 4.01. The lowest BCUT2D eigenvalue weighted by Crippen LogP contribution is -2.25. The van der Waals surface area contributed by atoms with Gasteiger partial charge in [0.2, 0.25) is 0 Å². The molecule has 0 radical (unpaired) electrons. The van der Waals surface area contributed by atoms with Gasteiger partial charge in [-0.2, -0.15) is 0 Å². The lowest BCUT2D eigenvalue weighted by molar-refractivity contribution is 0.617. The van der Waals surface area contributed by atoms with E-state index in [2.05, 4.69) is 47.1 Å². The summed E-state index contributed by atoms with van der Waals surface area (Å²) < 4.78 is 13.6. The van der Waals surface area contributed by atoms with Gasteiger partial charge in [0.1, 0.15) is 5.82 Å². The van der Waals surface area contributed by atoms with Gasteiger partial charge in [0, 0.05) is 6.04 Å². The molecule has 0 saturated carbocycles. The van der Waals surface area contributed by atoms with E-state index in [1.165, 1.54) is 17.2 Å². The van der Waals surface area contributed by atoms with Crippen molar-refractivity contribution in [3.8, 4) is 0 Å². The average Bonchev–Trinajstić information content (AvgIpc) is 2.37. The zero-order chi connectivity index (χ0) is 13.8. The molecule has 0 aliphatic heterocycles. The highest BCUT2D eigenvalue weighted by Crippen LogP contribution is 2.18. The Morgan fingerprint density at radius 1 is 1.05 bits per heavy atom. The van der Waals surface area contributed by atoms with E-state index < -0.39 is 0 Å². The van der Waals surface area contributed by atoms with Crippen molar-refractivity contribution in [2.24, 2.45) is 5.73 Å². The molecule has 0 spiro atoms. The van der Waals surface area contributed by atoms with Crippen molar-refractivity contribution in [2.45, 2.75) is 25.8 Å². The van der Waals surface area contributed by atoms with Crippen molar-refractivity contribution in [1.82, 2.24) is 0 Å². The zero-order valence-corrected chi connectivity index (χ0v) is 12.5. The summed E-state index contributed by atoms with van der Waals surface area (Å²) in [5.41, 5.74) is 9.69. The highest BCUT2D eigenvalue weighted by atomic mass is 79.9. The van der Waals surface area contributed by atoms with E-state index in [0.717, 1.165) is 18.4 Å². The minimum Gasteiger partial charge on any atom is -0.327 e. The van der Waals surface area contributed by atoms with Crippen molar-refractivity contribution >= 4 is 15.9 Å². The number of rotatable bonds is 4. The van der Waals surface area contributed by atoms with Crippen molar-refractivity contribution in [2.75, 3.05) is 0 Å². The summed E-state index contributed by atoms with van der Waals surface area (Å²) in [4.78, 5) is 0. The van der Waals surface area contributed by atoms with E-state index in [0.29, 0.717) is 4.47 Å². The van der Waals surface area contributed by atoms with E-state index >= 15 is 0 Å². The molecule has 2 aromatic carbocycles. The lowest BCUT2D eigenvalue weighted by atomic mass is 9.99. The molecule has 0 aromatic heterocycles. The Morgan fingerprint density at radius 2 is 1.63 bits per heavy atom. The molecule has 0 fully saturated rings. The van der Waals surface area contributed by atoms with Crippen LogP contribution in [-0.2, 0) is 12.8 Å². The summed E-state index contributed by atoms with van der Waals surface area (Å²) in [5.74, 6) is -0.240. The Balaban J connectivity index is 1.98. The molecule has 0 heterocycles. The van der Waals surface area contributed by atoms with Crippen LogP contribution in [0.3, 0.4) is 0 Å². The van der Waals surface area contributed by atoms with Crippen molar-refractivity contribution in [3.05, 3.63) is 69.4 Å². The molecule has 1 unspecified atom stereocenters. The van der Waals surface area contributed by atoms with Crippen LogP contribution in [0.2, 0.25) is 0 Å². The maximum Gasteiger partial charge on any atom is 0.137 e. The molecule has 2 N–H and O–H groups in total. The van der Waals surface area contributed by atoms with Crippen molar-refractivity contribution in [1.29, 1.82) is 0 Å². The third-order valence-electron chi connectivity index (χ3n) is 3.10. The Labute approximate surface area is 121 Å². The van der Waals surface area contributed by atoms with Gasteiger partial charge in [-0.05, 0) is 59.0 Å². The molecule has 0 saturated heterocycles. The third kappa shape index (κ3) is 4.15. The summed E-state index contributed by atoms with van der Waals surface area (Å²) in [6.45, 7) is 2.07. The summed E-state index contributed by atoms with van der Waals surface area (Å²) in [7, 11) is 0. The van der Waals surface area contributed by atoms with Gasteiger partial charge in [-0.25, -0.2) is 4.39 Å². The monoisotopic (exact) mass is 321 g/mol. The van der Waals surface area contributed by atoms with Gasteiger partial charge in [-0.15, -0.1) is 0 Å². The normalized spacial score (nSPS) is 12.4. The van der Waals surface area contributed by atoms with Gasteiger partial charge >= 0.3 is 0 Å². The highest BCUT2D eigenvalue weighted by Gasteiger charge is 2.07. The summed E-state index contributed by atoms with van der Waals surface area (Å²) in [6.07, 6.45) is 1.57. The Bertz CT molecular complexity index is 551. The molecule has 2 aromatic rings. The fraction of sp³-hybridized carbons (Fsp3) is 0.250. The van der Waals surface area contributed by atoms with Crippen LogP contribution in [0.1, 0.15) is 16.7 Å². The average molecular weight is 322 g/mol. The molecule has 1 nitrogen and oxygen atoms in total. The number of nitrogens with two attached hydrogens (primary N) is 1. The number of hydrogen-bond donors (Lipinski definition) is 1. The quantitative estimate of drug-likeness (QED) is 0.904. The highest BCUT2D eigenvalue weighted by molar-refractivity contribution is 9.10. The van der Waals surface area contributed by atoms with Gasteiger partial charge in [-0.3, -0.25) is 0 Å². The Morgan fingerprint density at radius 3 is 2.26 bits per heavy atom. The topological polar surface area (TPSA) is 26.0 Å². The molecule has 0 bridgehead atoms. The number of benzene rings is 2. The molecule has 3 heteroatoms. The smallest absolute Gasteiger partial charge is 0.137 e. The van der Waals surface area contributed by atoms with Gasteiger partial charge in [0.25, 0.3) is 0 Å². The third-order valence-corrected chi connectivity index (χ3v) is 3.71. The predicted molar refractivity (Wildman–Crippen MR) is 80.7 cm³/mol.